The monoisotopic (exact) mass is 378 g/mol. The number of hydrogen-bond donors (Lipinski definition) is 2. The maximum absolute atomic E-state index is 13.0. The number of aliphatic imine (C=N–C) groups is 1. The van der Waals surface area contributed by atoms with Gasteiger partial charge in [-0.1, -0.05) is 24.3 Å². The average molecular weight is 378 g/mol. The highest BCUT2D eigenvalue weighted by atomic mass is 19.1. The molecule has 0 bridgehead atoms. The summed E-state index contributed by atoms with van der Waals surface area (Å²) in [6, 6.07) is 17.8. The van der Waals surface area contributed by atoms with E-state index < -0.39 is 0 Å². The van der Waals surface area contributed by atoms with Gasteiger partial charge in [0.25, 0.3) is 0 Å². The average Bonchev–Trinajstić information content (AvgIpc) is 2.71. The van der Waals surface area contributed by atoms with Crippen LogP contribution < -0.4 is 15.4 Å². The maximum atomic E-state index is 13.0. The molecule has 3 rings (SSSR count). The molecule has 28 heavy (non-hydrogen) atoms. The number of pyridine rings is 1. The number of aromatic nitrogens is 1. The van der Waals surface area contributed by atoms with Crippen LogP contribution in [0.5, 0.6) is 11.6 Å². The van der Waals surface area contributed by atoms with Crippen molar-refractivity contribution in [2.45, 2.75) is 20.0 Å². The van der Waals surface area contributed by atoms with Gasteiger partial charge >= 0.3 is 0 Å². The number of hydrogen-bond acceptors (Lipinski definition) is 3. The molecule has 0 aliphatic rings. The quantitative estimate of drug-likeness (QED) is 0.499. The van der Waals surface area contributed by atoms with Crippen LogP contribution in [0.1, 0.15) is 16.7 Å². The lowest BCUT2D eigenvalue weighted by Crippen LogP contribution is -2.36. The molecule has 6 heteroatoms. The summed E-state index contributed by atoms with van der Waals surface area (Å²) in [5.41, 5.74) is 3.46. The fourth-order valence-electron chi connectivity index (χ4n) is 2.63. The molecule has 0 atom stereocenters. The number of aryl methyl sites for hydroxylation is 1. The first-order valence-corrected chi connectivity index (χ1v) is 9.01. The van der Waals surface area contributed by atoms with E-state index in [4.69, 9.17) is 4.74 Å². The lowest BCUT2D eigenvalue weighted by molar-refractivity contribution is 0.460. The van der Waals surface area contributed by atoms with Gasteiger partial charge < -0.3 is 15.4 Å². The number of benzene rings is 2. The number of nitrogens with one attached hydrogen (secondary N) is 2. The molecule has 0 fully saturated rings. The second-order valence-electron chi connectivity index (χ2n) is 6.26. The predicted octanol–water partition coefficient (Wildman–Crippen LogP) is 4.19. The molecule has 1 heterocycles. The summed E-state index contributed by atoms with van der Waals surface area (Å²) >= 11 is 0. The molecule has 0 unspecified atom stereocenters. The van der Waals surface area contributed by atoms with Crippen LogP contribution in [-0.4, -0.2) is 18.0 Å². The summed E-state index contributed by atoms with van der Waals surface area (Å²) in [4.78, 5) is 8.46. The molecule has 0 spiro atoms. The topological polar surface area (TPSA) is 58.5 Å². The maximum Gasteiger partial charge on any atom is 0.219 e. The number of guanidine groups is 1. The lowest BCUT2D eigenvalue weighted by Gasteiger charge is -2.13. The first kappa shape index (κ1) is 19.4. The second kappa shape index (κ2) is 9.50. The van der Waals surface area contributed by atoms with Crippen LogP contribution in [0.25, 0.3) is 0 Å². The Bertz CT molecular complexity index is 941. The van der Waals surface area contributed by atoms with Gasteiger partial charge in [-0.2, -0.15) is 0 Å². The molecule has 144 valence electrons. The summed E-state index contributed by atoms with van der Waals surface area (Å²) in [5.74, 6) is 1.40. The number of rotatable bonds is 6. The fraction of sp³-hybridized carbons (Fsp3) is 0.182. The van der Waals surface area contributed by atoms with Crippen molar-refractivity contribution in [3.05, 3.63) is 89.4 Å². The molecule has 3 aromatic rings. The Hall–Kier alpha value is -3.41. The SMILES string of the molecule is CN=C(NCc1ccnc(Oc2ccc(F)cc2)c1)NCc1ccccc1C. The normalized spacial score (nSPS) is 11.2. The van der Waals surface area contributed by atoms with Crippen LogP contribution in [-0.2, 0) is 13.1 Å². The van der Waals surface area contributed by atoms with E-state index >= 15 is 0 Å². The van der Waals surface area contributed by atoms with E-state index in [1.54, 1.807) is 25.4 Å². The van der Waals surface area contributed by atoms with Crippen molar-refractivity contribution in [1.82, 2.24) is 15.6 Å². The van der Waals surface area contributed by atoms with Crippen molar-refractivity contribution in [1.29, 1.82) is 0 Å². The van der Waals surface area contributed by atoms with Crippen molar-refractivity contribution in [2.75, 3.05) is 7.05 Å². The number of halogens is 1. The number of ether oxygens (including phenoxy) is 1. The van der Waals surface area contributed by atoms with Gasteiger partial charge in [-0.25, -0.2) is 9.37 Å². The van der Waals surface area contributed by atoms with E-state index in [1.807, 2.05) is 24.3 Å². The molecular weight excluding hydrogens is 355 g/mol. The zero-order chi connectivity index (χ0) is 19.8. The molecule has 1 aromatic heterocycles. The largest absolute Gasteiger partial charge is 0.439 e. The smallest absolute Gasteiger partial charge is 0.219 e. The van der Waals surface area contributed by atoms with Crippen molar-refractivity contribution < 1.29 is 9.13 Å². The van der Waals surface area contributed by atoms with E-state index in [1.165, 1.54) is 23.3 Å². The van der Waals surface area contributed by atoms with E-state index in [-0.39, 0.29) is 5.82 Å². The Morgan fingerprint density at radius 3 is 2.54 bits per heavy atom. The highest BCUT2D eigenvalue weighted by Crippen LogP contribution is 2.20. The summed E-state index contributed by atoms with van der Waals surface area (Å²) in [6.45, 7) is 3.35. The minimum atomic E-state index is -0.303. The van der Waals surface area contributed by atoms with Gasteiger partial charge in [0.05, 0.1) is 0 Å². The van der Waals surface area contributed by atoms with Crippen LogP contribution in [0.2, 0.25) is 0 Å². The molecule has 0 amide bonds. The van der Waals surface area contributed by atoms with E-state index in [0.29, 0.717) is 30.7 Å². The van der Waals surface area contributed by atoms with Gasteiger partial charge in [0, 0.05) is 32.4 Å². The third-order valence-corrected chi connectivity index (χ3v) is 4.23. The van der Waals surface area contributed by atoms with E-state index in [2.05, 4.69) is 39.7 Å². The minimum absolute atomic E-state index is 0.303. The van der Waals surface area contributed by atoms with Gasteiger partial charge in [-0.3, -0.25) is 4.99 Å². The second-order valence-corrected chi connectivity index (χ2v) is 6.26. The van der Waals surface area contributed by atoms with Gasteiger partial charge in [0.15, 0.2) is 5.96 Å². The van der Waals surface area contributed by atoms with Crippen LogP contribution in [0.4, 0.5) is 4.39 Å². The molecule has 0 saturated carbocycles. The van der Waals surface area contributed by atoms with Crippen molar-refractivity contribution in [3.8, 4) is 11.6 Å². The molecule has 0 aliphatic carbocycles. The third kappa shape index (κ3) is 5.54. The van der Waals surface area contributed by atoms with Gasteiger partial charge in [-0.05, 0) is 53.9 Å². The Morgan fingerprint density at radius 2 is 1.79 bits per heavy atom. The van der Waals surface area contributed by atoms with Crippen LogP contribution in [0.3, 0.4) is 0 Å². The minimum Gasteiger partial charge on any atom is -0.439 e. The van der Waals surface area contributed by atoms with Crippen LogP contribution in [0, 0.1) is 12.7 Å². The molecule has 0 saturated heterocycles. The first-order chi connectivity index (χ1) is 13.6. The molecule has 5 nitrogen and oxygen atoms in total. The standard InChI is InChI=1S/C22H23FN4O/c1-16-5-3-4-6-18(16)15-27-22(24-2)26-14-17-11-12-25-21(13-17)28-20-9-7-19(23)8-10-20/h3-13H,14-15H2,1-2H3,(H2,24,26,27). The van der Waals surface area contributed by atoms with Crippen LogP contribution >= 0.6 is 0 Å². The van der Waals surface area contributed by atoms with Gasteiger partial charge in [-0.15, -0.1) is 0 Å². The van der Waals surface area contributed by atoms with Crippen molar-refractivity contribution >= 4 is 5.96 Å². The summed E-state index contributed by atoms with van der Waals surface area (Å²) in [6.07, 6.45) is 1.68. The zero-order valence-corrected chi connectivity index (χ0v) is 15.9. The first-order valence-electron chi connectivity index (χ1n) is 9.01. The Kier molecular flexibility index (Phi) is 6.57. The highest BCUT2D eigenvalue weighted by molar-refractivity contribution is 5.79. The van der Waals surface area contributed by atoms with E-state index in [0.717, 1.165) is 5.56 Å². The van der Waals surface area contributed by atoms with Crippen LogP contribution in [0.15, 0.2) is 71.9 Å². The van der Waals surface area contributed by atoms with Gasteiger partial charge in [0.2, 0.25) is 5.88 Å². The molecular formula is C22H23FN4O. The Balaban J connectivity index is 1.55. The molecule has 2 N–H and O–H groups in total. The molecule has 0 aliphatic heterocycles. The highest BCUT2D eigenvalue weighted by Gasteiger charge is 2.04. The fourth-order valence-corrected chi connectivity index (χ4v) is 2.63. The van der Waals surface area contributed by atoms with Crippen molar-refractivity contribution in [2.24, 2.45) is 4.99 Å². The lowest BCUT2D eigenvalue weighted by atomic mass is 10.1. The van der Waals surface area contributed by atoms with E-state index in [9.17, 15) is 4.39 Å². The summed E-state index contributed by atoms with van der Waals surface area (Å²) in [5, 5.41) is 6.59. The van der Waals surface area contributed by atoms with Crippen molar-refractivity contribution in [3.63, 3.8) is 0 Å². The Labute approximate surface area is 164 Å². The molecule has 0 radical (unpaired) electrons. The summed E-state index contributed by atoms with van der Waals surface area (Å²) < 4.78 is 18.7. The third-order valence-electron chi connectivity index (χ3n) is 4.23. The predicted molar refractivity (Wildman–Crippen MR) is 109 cm³/mol. The van der Waals surface area contributed by atoms with Gasteiger partial charge in [0.1, 0.15) is 11.6 Å². The molecule has 2 aromatic carbocycles. The zero-order valence-electron chi connectivity index (χ0n) is 15.9. The number of nitrogens with zero attached hydrogens (tertiary/aromatic N) is 2. The summed E-state index contributed by atoms with van der Waals surface area (Å²) in [7, 11) is 1.74. The Morgan fingerprint density at radius 1 is 1.04 bits per heavy atom.